The number of urea groups is 2. The molecule has 0 saturated heterocycles. The molecule has 0 aliphatic rings. The molecule has 0 aliphatic heterocycles. The number of carbonyl (C=O) groups excluding carboxylic acids is 8. The van der Waals surface area contributed by atoms with Crippen molar-refractivity contribution in [3.8, 4) is 0 Å². The molecule has 0 fully saturated rings. The summed E-state index contributed by atoms with van der Waals surface area (Å²) in [4.78, 5) is 99.2. The van der Waals surface area contributed by atoms with Gasteiger partial charge in [-0.15, -0.1) is 0 Å². The summed E-state index contributed by atoms with van der Waals surface area (Å²) in [6, 6.07) is 9.38. The SMILES string of the molecule is C=C(C)C(=O)OCCOC(=O)c1ccccc1C(=O)OCCNC(=O)N(CCO)C(=O)NCCOC(=O)c1ccccc1C(=O)OCCOC(=O)C(=C)C. The molecule has 2 aromatic carbocycles. The highest BCUT2D eigenvalue weighted by molar-refractivity contribution is 6.04. The van der Waals surface area contributed by atoms with Gasteiger partial charge in [-0.2, -0.15) is 0 Å². The number of rotatable bonds is 20. The van der Waals surface area contributed by atoms with Gasteiger partial charge in [0.1, 0.15) is 39.6 Å². The minimum Gasteiger partial charge on any atom is -0.460 e. The fourth-order valence-corrected chi connectivity index (χ4v) is 3.96. The van der Waals surface area contributed by atoms with E-state index in [1.54, 1.807) is 0 Å². The number of esters is 6. The summed E-state index contributed by atoms with van der Waals surface area (Å²) in [6.45, 7) is 6.53. The number of nitrogens with one attached hydrogen (secondary N) is 2. The van der Waals surface area contributed by atoms with Crippen LogP contribution in [0.15, 0.2) is 72.8 Å². The number of nitrogens with zero attached hydrogens (tertiary/aromatic N) is 1. The second-order valence-electron chi connectivity index (χ2n) is 10.8. The molecule has 54 heavy (non-hydrogen) atoms. The van der Waals surface area contributed by atoms with Gasteiger partial charge in [-0.3, -0.25) is 0 Å². The molecule has 290 valence electrons. The van der Waals surface area contributed by atoms with Crippen molar-refractivity contribution >= 4 is 47.9 Å². The van der Waals surface area contributed by atoms with E-state index in [9.17, 15) is 43.5 Å². The Hall–Kier alpha value is -6.56. The summed E-state index contributed by atoms with van der Waals surface area (Å²) >= 11 is 0. The summed E-state index contributed by atoms with van der Waals surface area (Å²) in [5.41, 5.74) is -0.135. The Morgan fingerprint density at radius 3 is 1.13 bits per heavy atom. The number of carbonyl (C=O) groups is 8. The van der Waals surface area contributed by atoms with Gasteiger partial charge >= 0.3 is 47.9 Å². The van der Waals surface area contributed by atoms with Gasteiger partial charge in [0.2, 0.25) is 0 Å². The van der Waals surface area contributed by atoms with Crippen LogP contribution in [0.4, 0.5) is 9.59 Å². The van der Waals surface area contributed by atoms with E-state index >= 15 is 0 Å². The first-order valence-electron chi connectivity index (χ1n) is 16.2. The molecular formula is C36H41N3O15. The Labute approximate surface area is 309 Å². The Morgan fingerprint density at radius 2 is 0.833 bits per heavy atom. The zero-order valence-corrected chi connectivity index (χ0v) is 29.7. The quantitative estimate of drug-likeness (QED) is 0.0758. The monoisotopic (exact) mass is 755 g/mol. The largest absolute Gasteiger partial charge is 0.460 e. The molecule has 2 aromatic rings. The molecule has 0 aromatic heterocycles. The van der Waals surface area contributed by atoms with Crippen LogP contribution < -0.4 is 10.6 Å². The molecule has 0 unspecified atom stereocenters. The van der Waals surface area contributed by atoms with E-state index in [-0.39, 0.29) is 86.1 Å². The maximum Gasteiger partial charge on any atom is 0.339 e. The summed E-state index contributed by atoms with van der Waals surface area (Å²) < 4.78 is 30.1. The lowest BCUT2D eigenvalue weighted by Gasteiger charge is -2.21. The highest BCUT2D eigenvalue weighted by Crippen LogP contribution is 2.13. The third kappa shape index (κ3) is 14.6. The molecule has 4 amide bonds. The third-order valence-corrected chi connectivity index (χ3v) is 6.57. The lowest BCUT2D eigenvalue weighted by Crippen LogP contribution is -2.50. The van der Waals surface area contributed by atoms with Gasteiger partial charge in [-0.05, 0) is 38.1 Å². The van der Waals surface area contributed by atoms with Crippen LogP contribution in [0.3, 0.4) is 0 Å². The van der Waals surface area contributed by atoms with Crippen molar-refractivity contribution in [1.29, 1.82) is 0 Å². The predicted molar refractivity (Wildman–Crippen MR) is 186 cm³/mol. The number of aliphatic hydroxyl groups excluding tert-OH is 1. The number of ether oxygens (including phenoxy) is 6. The van der Waals surface area contributed by atoms with Crippen LogP contribution in [-0.4, -0.2) is 124 Å². The minimum absolute atomic E-state index is 0.114. The number of benzene rings is 2. The van der Waals surface area contributed by atoms with E-state index < -0.39 is 61.0 Å². The number of amides is 4. The predicted octanol–water partition coefficient (Wildman–Crippen LogP) is 1.97. The average molecular weight is 756 g/mol. The van der Waals surface area contributed by atoms with Crippen molar-refractivity contribution in [2.75, 3.05) is 65.9 Å². The minimum atomic E-state index is -0.951. The smallest absolute Gasteiger partial charge is 0.339 e. The number of aliphatic hydroxyl groups is 1. The fraction of sp³-hybridized carbons (Fsp3) is 0.333. The van der Waals surface area contributed by atoms with Crippen LogP contribution in [0.25, 0.3) is 0 Å². The molecule has 0 spiro atoms. The topological polar surface area (TPSA) is 239 Å². The van der Waals surface area contributed by atoms with Gasteiger partial charge in [0, 0.05) is 11.1 Å². The van der Waals surface area contributed by atoms with E-state index in [0.29, 0.717) is 4.90 Å². The van der Waals surface area contributed by atoms with Crippen LogP contribution in [-0.2, 0) is 38.0 Å². The Bertz CT molecular complexity index is 1600. The maximum absolute atomic E-state index is 12.7. The van der Waals surface area contributed by atoms with Crippen molar-refractivity contribution in [2.24, 2.45) is 0 Å². The van der Waals surface area contributed by atoms with E-state index in [1.807, 2.05) is 0 Å². The highest BCUT2D eigenvalue weighted by atomic mass is 16.6. The van der Waals surface area contributed by atoms with Crippen molar-refractivity contribution in [3.63, 3.8) is 0 Å². The summed E-state index contributed by atoms with van der Waals surface area (Å²) in [7, 11) is 0. The lowest BCUT2D eigenvalue weighted by atomic mass is 10.1. The maximum atomic E-state index is 12.7. The first-order chi connectivity index (χ1) is 25.8. The van der Waals surface area contributed by atoms with Crippen molar-refractivity contribution in [2.45, 2.75) is 13.8 Å². The van der Waals surface area contributed by atoms with Gasteiger partial charge < -0.3 is 44.2 Å². The van der Waals surface area contributed by atoms with Gasteiger partial charge in [-0.25, -0.2) is 43.3 Å². The van der Waals surface area contributed by atoms with Crippen molar-refractivity contribution < 1.29 is 71.9 Å². The molecule has 0 saturated carbocycles. The highest BCUT2D eigenvalue weighted by Gasteiger charge is 2.23. The molecule has 0 atom stereocenters. The lowest BCUT2D eigenvalue weighted by molar-refractivity contribution is -0.140. The molecule has 3 N–H and O–H groups in total. The Morgan fingerprint density at radius 1 is 0.537 bits per heavy atom. The van der Waals surface area contributed by atoms with Gasteiger partial charge in [-0.1, -0.05) is 37.4 Å². The zero-order chi connectivity index (χ0) is 40.0. The van der Waals surface area contributed by atoms with Gasteiger partial charge in [0.05, 0.1) is 48.5 Å². The molecule has 0 bridgehead atoms. The molecule has 18 heteroatoms. The zero-order valence-electron chi connectivity index (χ0n) is 29.7. The fourth-order valence-electron chi connectivity index (χ4n) is 3.96. The summed E-state index contributed by atoms with van der Waals surface area (Å²) in [6.07, 6.45) is 0. The first-order valence-corrected chi connectivity index (χ1v) is 16.2. The molecule has 0 aliphatic carbocycles. The molecular weight excluding hydrogens is 714 g/mol. The molecule has 0 radical (unpaired) electrons. The van der Waals surface area contributed by atoms with E-state index in [2.05, 4.69) is 23.8 Å². The van der Waals surface area contributed by atoms with E-state index in [4.69, 9.17) is 28.4 Å². The van der Waals surface area contributed by atoms with E-state index in [1.165, 1.54) is 62.4 Å². The summed E-state index contributed by atoms with van der Waals surface area (Å²) in [5, 5.41) is 14.1. The van der Waals surface area contributed by atoms with Crippen LogP contribution >= 0.6 is 0 Å². The Balaban J connectivity index is 1.81. The summed E-state index contributed by atoms with van der Waals surface area (Å²) in [5.74, 6) is -4.87. The van der Waals surface area contributed by atoms with Crippen molar-refractivity contribution in [3.05, 3.63) is 95.1 Å². The van der Waals surface area contributed by atoms with Gasteiger partial charge in [0.15, 0.2) is 0 Å². The molecule has 0 heterocycles. The van der Waals surface area contributed by atoms with Crippen LogP contribution in [0.1, 0.15) is 55.3 Å². The van der Waals surface area contributed by atoms with Gasteiger partial charge in [0.25, 0.3) is 0 Å². The average Bonchev–Trinajstić information content (AvgIpc) is 3.16. The molecule has 18 nitrogen and oxygen atoms in total. The number of hydrogen-bond donors (Lipinski definition) is 3. The second kappa shape index (κ2) is 23.1. The standard InChI is InChI=1S/C36H41N3O15/c1-23(2)29(41)51-19-21-53-33(45)27-11-7-5-9-25(27)31(43)49-17-13-37-35(47)39(15-16-40)36(48)38-14-18-50-32(44)26-10-6-8-12-28(26)34(46)54-22-20-52-30(42)24(3)4/h5-12,40H,1,3,13-22H2,2,4H3,(H,37,47)(H,38,48). The Kier molecular flexibility index (Phi) is 18.6. The number of hydrogen-bond acceptors (Lipinski definition) is 15. The third-order valence-electron chi connectivity index (χ3n) is 6.57. The van der Waals surface area contributed by atoms with Crippen LogP contribution in [0.5, 0.6) is 0 Å². The normalized spacial score (nSPS) is 10.1. The van der Waals surface area contributed by atoms with Crippen molar-refractivity contribution in [1.82, 2.24) is 15.5 Å². The second-order valence-corrected chi connectivity index (χ2v) is 10.8. The van der Waals surface area contributed by atoms with E-state index in [0.717, 1.165) is 0 Å². The molecule has 2 rings (SSSR count). The van der Waals surface area contributed by atoms with Crippen LogP contribution in [0.2, 0.25) is 0 Å². The van der Waals surface area contributed by atoms with Crippen LogP contribution in [0, 0.1) is 0 Å². The number of imide groups is 1. The first kappa shape index (κ1) is 43.6.